The molecule has 0 aliphatic carbocycles. The number of carbonyl (C=O) groups is 1. The molecule has 0 spiro atoms. The minimum Gasteiger partial charge on any atom is -0.354 e. The zero-order valence-electron chi connectivity index (χ0n) is 12.3. The minimum atomic E-state index is -4.35. The van der Waals surface area contributed by atoms with E-state index in [0.29, 0.717) is 26.2 Å². The van der Waals surface area contributed by atoms with Gasteiger partial charge in [0, 0.05) is 32.7 Å². The summed E-state index contributed by atoms with van der Waals surface area (Å²) in [5.74, 6) is -0.814. The number of rotatable bonds is 5. The van der Waals surface area contributed by atoms with Gasteiger partial charge in [-0.25, -0.2) is 0 Å². The van der Waals surface area contributed by atoms with Crippen molar-refractivity contribution in [3.05, 3.63) is 22.4 Å². The number of nitrogens with zero attached hydrogens (tertiary/aromatic N) is 1. The first-order valence-electron chi connectivity index (χ1n) is 7.21. The van der Waals surface area contributed by atoms with Crippen molar-refractivity contribution in [3.8, 4) is 0 Å². The fourth-order valence-electron chi connectivity index (χ4n) is 2.47. The molecule has 1 aliphatic rings. The molecule has 0 bridgehead atoms. The standard InChI is InChI=1S/C14H20F3N3OS/c1-10(11-2-7-22-9-11)13(21)19-8-12(14(15,16)17)20-5-3-18-4-6-20/h2,7,9-10,12,18H,3-6,8H2,1H3,(H,19,21). The maximum atomic E-state index is 13.2. The molecule has 0 radical (unpaired) electrons. The molecule has 124 valence electrons. The largest absolute Gasteiger partial charge is 0.405 e. The molecular weight excluding hydrogens is 315 g/mol. The molecule has 2 atom stereocenters. The molecule has 1 aromatic heterocycles. The summed E-state index contributed by atoms with van der Waals surface area (Å²) in [5, 5.41) is 9.17. The van der Waals surface area contributed by atoms with Gasteiger partial charge < -0.3 is 10.6 Å². The van der Waals surface area contributed by atoms with E-state index in [4.69, 9.17) is 0 Å². The van der Waals surface area contributed by atoms with E-state index in [-0.39, 0.29) is 5.91 Å². The molecular formula is C14H20F3N3OS. The van der Waals surface area contributed by atoms with Gasteiger partial charge in [-0.15, -0.1) is 0 Å². The van der Waals surface area contributed by atoms with E-state index < -0.39 is 24.7 Å². The van der Waals surface area contributed by atoms with E-state index in [0.717, 1.165) is 5.56 Å². The Morgan fingerprint density at radius 1 is 1.45 bits per heavy atom. The fourth-order valence-corrected chi connectivity index (χ4v) is 3.22. The monoisotopic (exact) mass is 335 g/mol. The van der Waals surface area contributed by atoms with Gasteiger partial charge in [-0.05, 0) is 29.3 Å². The van der Waals surface area contributed by atoms with E-state index in [2.05, 4.69) is 10.6 Å². The van der Waals surface area contributed by atoms with Gasteiger partial charge >= 0.3 is 6.18 Å². The molecule has 8 heteroatoms. The molecule has 1 fully saturated rings. The predicted octanol–water partition coefficient (Wildman–Crippen LogP) is 1.80. The molecule has 2 unspecified atom stereocenters. The summed E-state index contributed by atoms with van der Waals surface area (Å²) < 4.78 is 39.7. The molecule has 2 heterocycles. The lowest BCUT2D eigenvalue weighted by molar-refractivity contribution is -0.184. The highest BCUT2D eigenvalue weighted by Gasteiger charge is 2.43. The maximum absolute atomic E-state index is 13.2. The van der Waals surface area contributed by atoms with Crippen molar-refractivity contribution in [2.24, 2.45) is 0 Å². The molecule has 1 aromatic rings. The molecule has 1 aliphatic heterocycles. The normalized spacial score (nSPS) is 19.6. The van der Waals surface area contributed by atoms with Crippen LogP contribution in [-0.2, 0) is 4.79 Å². The van der Waals surface area contributed by atoms with Crippen LogP contribution in [0.1, 0.15) is 18.4 Å². The van der Waals surface area contributed by atoms with Gasteiger partial charge in [-0.3, -0.25) is 9.69 Å². The van der Waals surface area contributed by atoms with Crippen molar-refractivity contribution in [1.29, 1.82) is 0 Å². The molecule has 0 saturated carbocycles. The first-order valence-corrected chi connectivity index (χ1v) is 8.15. The van der Waals surface area contributed by atoms with Gasteiger partial charge in [-0.2, -0.15) is 24.5 Å². The van der Waals surface area contributed by atoms with Gasteiger partial charge in [-0.1, -0.05) is 0 Å². The highest BCUT2D eigenvalue weighted by Crippen LogP contribution is 2.25. The van der Waals surface area contributed by atoms with Gasteiger partial charge in [0.2, 0.25) is 5.91 Å². The summed E-state index contributed by atoms with van der Waals surface area (Å²) in [4.78, 5) is 13.4. The molecule has 0 aromatic carbocycles. The first-order chi connectivity index (χ1) is 10.4. The number of piperazine rings is 1. The lowest BCUT2D eigenvalue weighted by Crippen LogP contribution is -2.57. The van der Waals surface area contributed by atoms with Crippen molar-refractivity contribution >= 4 is 17.2 Å². The number of thiophene rings is 1. The van der Waals surface area contributed by atoms with Crippen LogP contribution < -0.4 is 10.6 Å². The van der Waals surface area contributed by atoms with Gasteiger partial charge in [0.1, 0.15) is 6.04 Å². The maximum Gasteiger partial charge on any atom is 0.405 e. The second-order valence-electron chi connectivity index (χ2n) is 5.37. The number of carbonyl (C=O) groups excluding carboxylic acids is 1. The Hall–Kier alpha value is -1.12. The molecule has 1 amide bonds. The van der Waals surface area contributed by atoms with Crippen LogP contribution in [-0.4, -0.2) is 55.7 Å². The SMILES string of the molecule is CC(C(=O)NCC(N1CCNCC1)C(F)(F)F)c1ccsc1. The molecule has 4 nitrogen and oxygen atoms in total. The number of nitrogens with one attached hydrogen (secondary N) is 2. The van der Waals surface area contributed by atoms with Crippen LogP contribution in [0.3, 0.4) is 0 Å². The summed E-state index contributed by atoms with van der Waals surface area (Å²) in [6, 6.07) is 0.181. The van der Waals surface area contributed by atoms with Crippen LogP contribution in [0.15, 0.2) is 16.8 Å². The van der Waals surface area contributed by atoms with Gasteiger partial charge in [0.15, 0.2) is 0 Å². The van der Waals surface area contributed by atoms with Crippen LogP contribution in [0.2, 0.25) is 0 Å². The van der Waals surface area contributed by atoms with Crippen molar-refractivity contribution in [1.82, 2.24) is 15.5 Å². The summed E-state index contributed by atoms with van der Waals surface area (Å²) in [6.07, 6.45) is -4.35. The van der Waals surface area contributed by atoms with E-state index in [1.54, 1.807) is 6.92 Å². The van der Waals surface area contributed by atoms with Gasteiger partial charge in [0.25, 0.3) is 0 Å². The number of hydrogen-bond donors (Lipinski definition) is 2. The summed E-state index contributed by atoms with van der Waals surface area (Å²) in [6.45, 7) is 3.03. The number of amides is 1. The van der Waals surface area contributed by atoms with Crippen molar-refractivity contribution in [2.75, 3.05) is 32.7 Å². The number of halogens is 3. The highest BCUT2D eigenvalue weighted by molar-refractivity contribution is 7.08. The molecule has 2 N–H and O–H groups in total. The quantitative estimate of drug-likeness (QED) is 0.862. The summed E-state index contributed by atoms with van der Waals surface area (Å²) in [7, 11) is 0. The van der Waals surface area contributed by atoms with Crippen LogP contribution in [0.25, 0.3) is 0 Å². The average Bonchev–Trinajstić information content (AvgIpc) is 3.00. The first kappa shape index (κ1) is 17.2. The second-order valence-corrected chi connectivity index (χ2v) is 6.15. The zero-order chi connectivity index (χ0) is 16.2. The topological polar surface area (TPSA) is 44.4 Å². The summed E-state index contributed by atoms with van der Waals surface area (Å²) >= 11 is 1.46. The lowest BCUT2D eigenvalue weighted by atomic mass is 10.0. The van der Waals surface area contributed by atoms with E-state index in [1.807, 2.05) is 16.8 Å². The number of hydrogen-bond acceptors (Lipinski definition) is 4. The third-order valence-electron chi connectivity index (χ3n) is 3.88. The van der Waals surface area contributed by atoms with Crippen LogP contribution in [0.5, 0.6) is 0 Å². The Balaban J connectivity index is 1.94. The number of alkyl halides is 3. The van der Waals surface area contributed by atoms with E-state index in [9.17, 15) is 18.0 Å². The third-order valence-corrected chi connectivity index (χ3v) is 4.58. The van der Waals surface area contributed by atoms with E-state index >= 15 is 0 Å². The molecule has 1 saturated heterocycles. The fraction of sp³-hybridized carbons (Fsp3) is 0.643. The minimum absolute atomic E-state index is 0.333. The third kappa shape index (κ3) is 4.44. The van der Waals surface area contributed by atoms with Crippen LogP contribution >= 0.6 is 11.3 Å². The lowest BCUT2D eigenvalue weighted by Gasteiger charge is -2.36. The van der Waals surface area contributed by atoms with Crippen molar-refractivity contribution in [3.63, 3.8) is 0 Å². The van der Waals surface area contributed by atoms with Gasteiger partial charge in [0.05, 0.1) is 5.92 Å². The smallest absolute Gasteiger partial charge is 0.354 e. The Labute approximate surface area is 131 Å². The van der Waals surface area contributed by atoms with Crippen LogP contribution in [0, 0.1) is 0 Å². The predicted molar refractivity (Wildman–Crippen MR) is 80.0 cm³/mol. The Bertz CT molecular complexity index is 472. The Kier molecular flexibility index (Phi) is 5.82. The second kappa shape index (κ2) is 7.43. The van der Waals surface area contributed by atoms with Crippen molar-refractivity contribution in [2.45, 2.75) is 25.1 Å². The molecule has 2 rings (SSSR count). The van der Waals surface area contributed by atoms with Crippen molar-refractivity contribution < 1.29 is 18.0 Å². The average molecular weight is 335 g/mol. The molecule has 22 heavy (non-hydrogen) atoms. The van der Waals surface area contributed by atoms with E-state index in [1.165, 1.54) is 16.2 Å². The summed E-state index contributed by atoms with van der Waals surface area (Å²) in [5.41, 5.74) is 0.827. The highest BCUT2D eigenvalue weighted by atomic mass is 32.1. The Morgan fingerprint density at radius 2 is 2.14 bits per heavy atom. The zero-order valence-corrected chi connectivity index (χ0v) is 13.1. The van der Waals surface area contributed by atoms with Crippen LogP contribution in [0.4, 0.5) is 13.2 Å². The Morgan fingerprint density at radius 3 is 2.68 bits per heavy atom.